The van der Waals surface area contributed by atoms with Crippen molar-refractivity contribution in [1.29, 1.82) is 0 Å². The summed E-state index contributed by atoms with van der Waals surface area (Å²) in [6, 6.07) is 6.59. The molecule has 0 bridgehead atoms. The second-order valence-corrected chi connectivity index (χ2v) is 8.13. The van der Waals surface area contributed by atoms with Gasteiger partial charge in [0.15, 0.2) is 0 Å². The van der Waals surface area contributed by atoms with E-state index in [9.17, 15) is 18.5 Å². The van der Waals surface area contributed by atoms with Gasteiger partial charge in [-0.05, 0) is 38.1 Å². The molecular weight excluding hydrogens is 358 g/mol. The monoisotopic (exact) mass is 379 g/mol. The van der Waals surface area contributed by atoms with E-state index < -0.39 is 15.1 Å². The van der Waals surface area contributed by atoms with Crippen molar-refractivity contribution in [3.05, 3.63) is 40.6 Å². The van der Waals surface area contributed by atoms with Gasteiger partial charge in [0, 0.05) is 38.4 Å². The van der Waals surface area contributed by atoms with Gasteiger partial charge in [-0.1, -0.05) is 0 Å². The van der Waals surface area contributed by atoms with Gasteiger partial charge in [-0.2, -0.15) is 17.4 Å². The molecule has 140 valence electrons. The minimum absolute atomic E-state index is 0.00668. The molecule has 0 radical (unpaired) electrons. The summed E-state index contributed by atoms with van der Waals surface area (Å²) >= 11 is 0. The minimum Gasteiger partial charge on any atom is -0.363 e. The Morgan fingerprint density at radius 1 is 1.19 bits per heavy atom. The van der Waals surface area contributed by atoms with Crippen LogP contribution in [0.2, 0.25) is 0 Å². The number of nitrogens with one attached hydrogen (secondary N) is 1. The lowest BCUT2D eigenvalue weighted by atomic mass is 10.1. The molecule has 1 aromatic carbocycles. The van der Waals surface area contributed by atoms with Crippen LogP contribution in [0.15, 0.2) is 30.5 Å². The van der Waals surface area contributed by atoms with E-state index in [-0.39, 0.29) is 24.8 Å². The van der Waals surface area contributed by atoms with E-state index in [0.29, 0.717) is 29.7 Å². The van der Waals surface area contributed by atoms with Gasteiger partial charge >= 0.3 is 5.69 Å². The summed E-state index contributed by atoms with van der Waals surface area (Å²) in [5, 5.41) is 12.1. The van der Waals surface area contributed by atoms with Crippen LogP contribution in [0.3, 0.4) is 0 Å². The van der Waals surface area contributed by atoms with Gasteiger partial charge in [0.05, 0.1) is 15.8 Å². The van der Waals surface area contributed by atoms with Crippen LogP contribution in [0.25, 0.3) is 10.9 Å². The van der Waals surface area contributed by atoms with Crippen LogP contribution >= 0.6 is 0 Å². The first-order chi connectivity index (χ1) is 12.3. The zero-order valence-corrected chi connectivity index (χ0v) is 15.4. The van der Waals surface area contributed by atoms with Crippen LogP contribution in [-0.2, 0) is 10.2 Å². The molecule has 3 rings (SSSR count). The number of pyridine rings is 1. The highest BCUT2D eigenvalue weighted by molar-refractivity contribution is 7.87. The van der Waals surface area contributed by atoms with E-state index in [4.69, 9.17) is 0 Å². The quantitative estimate of drug-likeness (QED) is 0.623. The molecule has 1 aliphatic rings. The van der Waals surface area contributed by atoms with Gasteiger partial charge in [-0.3, -0.25) is 15.1 Å². The summed E-state index contributed by atoms with van der Waals surface area (Å²) in [7, 11) is -3.54. The SMILES string of the molecule is CC(C)NS(=O)(=O)N1CCN(c2ccc3ncccc3c2[N+](=O)[O-])CC1. The number of anilines is 1. The fraction of sp³-hybridized carbons (Fsp3) is 0.438. The summed E-state index contributed by atoms with van der Waals surface area (Å²) in [6.07, 6.45) is 1.59. The topological polar surface area (TPSA) is 109 Å². The number of nitro groups is 1. The molecule has 0 atom stereocenters. The Morgan fingerprint density at radius 3 is 2.50 bits per heavy atom. The van der Waals surface area contributed by atoms with E-state index in [2.05, 4.69) is 9.71 Å². The van der Waals surface area contributed by atoms with Gasteiger partial charge in [-0.25, -0.2) is 0 Å². The summed E-state index contributed by atoms with van der Waals surface area (Å²) in [6.45, 7) is 4.83. The van der Waals surface area contributed by atoms with Crippen LogP contribution < -0.4 is 9.62 Å². The zero-order chi connectivity index (χ0) is 18.9. The second kappa shape index (κ2) is 7.14. The summed E-state index contributed by atoms with van der Waals surface area (Å²) in [5.74, 6) is 0. The fourth-order valence-electron chi connectivity index (χ4n) is 3.11. The first-order valence-electron chi connectivity index (χ1n) is 8.34. The lowest BCUT2D eigenvalue weighted by molar-refractivity contribution is -0.382. The maximum atomic E-state index is 12.3. The molecule has 10 heteroatoms. The molecule has 1 N–H and O–H groups in total. The molecule has 1 aliphatic heterocycles. The van der Waals surface area contributed by atoms with Crippen LogP contribution in [0.4, 0.5) is 11.4 Å². The van der Waals surface area contributed by atoms with Crippen molar-refractivity contribution in [3.63, 3.8) is 0 Å². The second-order valence-electron chi connectivity index (χ2n) is 6.42. The number of aromatic nitrogens is 1. The van der Waals surface area contributed by atoms with Gasteiger partial charge in [0.2, 0.25) is 0 Å². The Bertz CT molecular complexity index is 923. The van der Waals surface area contributed by atoms with E-state index in [1.807, 2.05) is 4.90 Å². The highest BCUT2D eigenvalue weighted by Crippen LogP contribution is 2.35. The molecule has 0 saturated carbocycles. The number of hydrogen-bond donors (Lipinski definition) is 1. The maximum Gasteiger partial charge on any atom is 0.301 e. The van der Waals surface area contributed by atoms with Gasteiger partial charge < -0.3 is 4.90 Å². The van der Waals surface area contributed by atoms with Crippen LogP contribution in [0.1, 0.15) is 13.8 Å². The van der Waals surface area contributed by atoms with Crippen molar-refractivity contribution < 1.29 is 13.3 Å². The smallest absolute Gasteiger partial charge is 0.301 e. The molecule has 9 nitrogen and oxygen atoms in total. The number of nitrogens with zero attached hydrogens (tertiary/aromatic N) is 4. The number of hydrogen-bond acceptors (Lipinski definition) is 6. The predicted octanol–water partition coefficient (Wildman–Crippen LogP) is 1.51. The van der Waals surface area contributed by atoms with Gasteiger partial charge in [0.25, 0.3) is 10.2 Å². The van der Waals surface area contributed by atoms with Crippen LogP contribution in [-0.4, -0.2) is 54.9 Å². The Morgan fingerprint density at radius 2 is 1.88 bits per heavy atom. The molecule has 0 aliphatic carbocycles. The Balaban J connectivity index is 1.86. The molecular formula is C16H21N5O4S. The van der Waals surface area contributed by atoms with E-state index >= 15 is 0 Å². The van der Waals surface area contributed by atoms with Crippen molar-refractivity contribution in [2.45, 2.75) is 19.9 Å². The first-order valence-corrected chi connectivity index (χ1v) is 9.78. The maximum absolute atomic E-state index is 12.3. The number of piperazine rings is 1. The van der Waals surface area contributed by atoms with Crippen molar-refractivity contribution in [1.82, 2.24) is 14.0 Å². The van der Waals surface area contributed by atoms with E-state index in [1.165, 1.54) is 4.31 Å². The minimum atomic E-state index is -3.54. The van der Waals surface area contributed by atoms with Crippen molar-refractivity contribution >= 4 is 32.5 Å². The number of benzene rings is 1. The molecule has 26 heavy (non-hydrogen) atoms. The lowest BCUT2D eigenvalue weighted by Gasteiger charge is -2.35. The Kier molecular flexibility index (Phi) is 5.08. The normalized spacial score (nSPS) is 16.3. The summed E-state index contributed by atoms with van der Waals surface area (Å²) in [4.78, 5) is 17.3. The molecule has 1 fully saturated rings. The molecule has 1 saturated heterocycles. The number of nitro benzene ring substituents is 1. The van der Waals surface area contributed by atoms with Gasteiger partial charge in [0.1, 0.15) is 5.69 Å². The van der Waals surface area contributed by atoms with E-state index in [0.717, 1.165) is 0 Å². The standard InChI is InChI=1S/C16H21N5O4S/c1-12(2)18-26(24,25)20-10-8-19(9-11-20)15-6-5-14-13(4-3-7-17-14)16(15)21(22)23/h3-7,12,18H,8-11H2,1-2H3. The van der Waals surface area contributed by atoms with Crippen LogP contribution in [0.5, 0.6) is 0 Å². The number of rotatable bonds is 5. The highest BCUT2D eigenvalue weighted by Gasteiger charge is 2.30. The largest absolute Gasteiger partial charge is 0.363 e. The average molecular weight is 379 g/mol. The molecule has 2 heterocycles. The Hall–Kier alpha value is -2.30. The van der Waals surface area contributed by atoms with E-state index in [1.54, 1.807) is 44.3 Å². The third-order valence-electron chi connectivity index (χ3n) is 4.22. The molecule has 1 aromatic heterocycles. The van der Waals surface area contributed by atoms with Crippen molar-refractivity contribution in [2.75, 3.05) is 31.1 Å². The average Bonchev–Trinajstić information content (AvgIpc) is 2.59. The third kappa shape index (κ3) is 3.62. The molecule has 0 spiro atoms. The zero-order valence-electron chi connectivity index (χ0n) is 14.6. The van der Waals surface area contributed by atoms with Gasteiger partial charge in [-0.15, -0.1) is 0 Å². The van der Waals surface area contributed by atoms with Crippen LogP contribution in [0, 0.1) is 10.1 Å². The number of fused-ring (bicyclic) bond motifs is 1. The lowest BCUT2D eigenvalue weighted by Crippen LogP contribution is -2.53. The molecule has 0 unspecified atom stereocenters. The predicted molar refractivity (Wildman–Crippen MR) is 99.4 cm³/mol. The molecule has 2 aromatic rings. The molecule has 0 amide bonds. The Labute approximate surface area is 152 Å². The van der Waals surface area contributed by atoms with Crippen molar-refractivity contribution in [3.8, 4) is 0 Å². The fourth-order valence-corrected chi connectivity index (χ4v) is 4.50. The summed E-state index contributed by atoms with van der Waals surface area (Å²) < 4.78 is 28.5. The highest BCUT2D eigenvalue weighted by atomic mass is 32.2. The third-order valence-corrected chi connectivity index (χ3v) is 6.04. The summed E-state index contributed by atoms with van der Waals surface area (Å²) in [5.41, 5.74) is 1.06. The van der Waals surface area contributed by atoms with Crippen molar-refractivity contribution in [2.24, 2.45) is 0 Å². The first kappa shape index (κ1) is 18.5.